The van der Waals surface area contributed by atoms with Crippen LogP contribution in [0.4, 0.5) is 0 Å². The Kier molecular flexibility index (Phi) is 4.00. The van der Waals surface area contributed by atoms with E-state index < -0.39 is 6.10 Å². The molecule has 0 fully saturated rings. The van der Waals surface area contributed by atoms with Gasteiger partial charge in [0.05, 0.1) is 10.5 Å². The van der Waals surface area contributed by atoms with E-state index in [1.54, 1.807) is 37.3 Å². The van der Waals surface area contributed by atoms with E-state index in [9.17, 15) is 4.79 Å². The van der Waals surface area contributed by atoms with Gasteiger partial charge in [0.15, 0.2) is 6.10 Å². The minimum atomic E-state index is -0.774. The molecule has 3 aromatic rings. The highest BCUT2D eigenvalue weighted by Crippen LogP contribution is 2.28. The molecule has 0 aliphatic carbocycles. The molecule has 0 saturated carbocycles. The summed E-state index contributed by atoms with van der Waals surface area (Å²) in [6.07, 6.45) is -0.774. The summed E-state index contributed by atoms with van der Waals surface area (Å²) in [5.41, 5.74) is 1.28. The van der Waals surface area contributed by atoms with Crippen LogP contribution < -0.4 is 4.74 Å². The molecule has 1 heterocycles. The summed E-state index contributed by atoms with van der Waals surface area (Å²) in [5, 5.41) is 8.67. The van der Waals surface area contributed by atoms with Crippen LogP contribution in [0.5, 0.6) is 5.75 Å². The first-order chi connectivity index (χ1) is 10.6. The van der Waals surface area contributed by atoms with Crippen LogP contribution in [0.1, 0.15) is 11.7 Å². The largest absolute Gasteiger partial charge is 0.479 e. The fourth-order valence-electron chi connectivity index (χ4n) is 2.02. The highest BCUT2D eigenvalue weighted by molar-refractivity contribution is 6.35. The first-order valence-electron chi connectivity index (χ1n) is 6.52. The van der Waals surface area contributed by atoms with Crippen molar-refractivity contribution in [3.8, 4) is 5.75 Å². The molecule has 1 unspecified atom stereocenters. The molecule has 7 heteroatoms. The van der Waals surface area contributed by atoms with Gasteiger partial charge in [-0.2, -0.15) is 4.68 Å². The van der Waals surface area contributed by atoms with Gasteiger partial charge in [0, 0.05) is 5.02 Å². The summed E-state index contributed by atoms with van der Waals surface area (Å²) in [4.78, 5) is 12.5. The Morgan fingerprint density at radius 3 is 2.77 bits per heavy atom. The maximum absolute atomic E-state index is 12.5. The van der Waals surface area contributed by atoms with Crippen molar-refractivity contribution in [1.29, 1.82) is 0 Å². The van der Waals surface area contributed by atoms with Crippen molar-refractivity contribution in [3.05, 3.63) is 52.5 Å². The maximum atomic E-state index is 12.5. The molecular formula is C15H11Cl2N3O2. The van der Waals surface area contributed by atoms with Gasteiger partial charge in [-0.1, -0.05) is 40.5 Å². The monoisotopic (exact) mass is 335 g/mol. The number of para-hydroxylation sites is 1. The number of benzene rings is 2. The van der Waals surface area contributed by atoms with E-state index >= 15 is 0 Å². The van der Waals surface area contributed by atoms with Gasteiger partial charge < -0.3 is 4.74 Å². The number of hydrogen-bond acceptors (Lipinski definition) is 4. The van der Waals surface area contributed by atoms with Gasteiger partial charge in [0.2, 0.25) is 0 Å². The molecule has 2 aromatic carbocycles. The third-order valence-corrected chi connectivity index (χ3v) is 3.64. The van der Waals surface area contributed by atoms with E-state index in [4.69, 9.17) is 27.9 Å². The zero-order valence-electron chi connectivity index (χ0n) is 11.5. The summed E-state index contributed by atoms with van der Waals surface area (Å²) in [5.74, 6) is 0.0519. The smallest absolute Gasteiger partial charge is 0.289 e. The number of fused-ring (bicyclic) bond motifs is 1. The second-order valence-corrected chi connectivity index (χ2v) is 5.51. The average Bonchev–Trinajstić information content (AvgIpc) is 2.93. The van der Waals surface area contributed by atoms with Crippen LogP contribution in [0.2, 0.25) is 10.0 Å². The third kappa shape index (κ3) is 2.77. The number of carbonyl (C=O) groups is 1. The van der Waals surface area contributed by atoms with Crippen molar-refractivity contribution in [2.45, 2.75) is 13.0 Å². The minimum Gasteiger partial charge on any atom is -0.479 e. The third-order valence-electron chi connectivity index (χ3n) is 3.11. The van der Waals surface area contributed by atoms with E-state index in [-0.39, 0.29) is 5.91 Å². The normalized spacial score (nSPS) is 12.3. The predicted octanol–water partition coefficient (Wildman–Crippen LogP) is 3.85. The topological polar surface area (TPSA) is 57.0 Å². The molecule has 3 rings (SSSR count). The molecule has 0 saturated heterocycles. The molecular weight excluding hydrogens is 325 g/mol. The molecule has 0 bridgehead atoms. The van der Waals surface area contributed by atoms with Gasteiger partial charge in [-0.3, -0.25) is 4.79 Å². The van der Waals surface area contributed by atoms with Gasteiger partial charge in [0.25, 0.3) is 5.91 Å². The van der Waals surface area contributed by atoms with Crippen LogP contribution in [0.25, 0.3) is 11.0 Å². The number of aromatic nitrogens is 3. The molecule has 0 spiro atoms. The summed E-state index contributed by atoms with van der Waals surface area (Å²) >= 11 is 11.9. The molecule has 5 nitrogen and oxygen atoms in total. The second kappa shape index (κ2) is 5.94. The Morgan fingerprint density at radius 2 is 2.00 bits per heavy atom. The van der Waals surface area contributed by atoms with Crippen molar-refractivity contribution in [1.82, 2.24) is 15.0 Å². The van der Waals surface area contributed by atoms with Gasteiger partial charge in [0.1, 0.15) is 11.3 Å². The lowest BCUT2D eigenvalue weighted by molar-refractivity contribution is 0.0714. The van der Waals surface area contributed by atoms with Crippen molar-refractivity contribution < 1.29 is 9.53 Å². The van der Waals surface area contributed by atoms with Gasteiger partial charge in [-0.05, 0) is 37.3 Å². The molecule has 0 radical (unpaired) electrons. The molecule has 0 N–H and O–H groups in total. The zero-order valence-corrected chi connectivity index (χ0v) is 13.0. The fraction of sp³-hybridized carbons (Fsp3) is 0.133. The van der Waals surface area contributed by atoms with Crippen LogP contribution in [0, 0.1) is 0 Å². The Hall–Kier alpha value is -2.11. The molecule has 0 aliphatic heterocycles. The number of nitrogens with zero attached hydrogens (tertiary/aromatic N) is 3. The zero-order chi connectivity index (χ0) is 15.7. The van der Waals surface area contributed by atoms with Crippen LogP contribution in [-0.4, -0.2) is 27.0 Å². The lowest BCUT2D eigenvalue weighted by Gasteiger charge is -2.14. The summed E-state index contributed by atoms with van der Waals surface area (Å²) in [6, 6.07) is 12.0. The average molecular weight is 336 g/mol. The summed E-state index contributed by atoms with van der Waals surface area (Å²) < 4.78 is 6.83. The molecule has 0 aliphatic rings. The van der Waals surface area contributed by atoms with Gasteiger partial charge in [-0.25, -0.2) is 0 Å². The van der Waals surface area contributed by atoms with Crippen LogP contribution in [0.15, 0.2) is 42.5 Å². The second-order valence-electron chi connectivity index (χ2n) is 4.66. The van der Waals surface area contributed by atoms with E-state index in [0.717, 1.165) is 0 Å². The van der Waals surface area contributed by atoms with Crippen molar-refractivity contribution >= 4 is 40.1 Å². The van der Waals surface area contributed by atoms with Crippen molar-refractivity contribution in [2.75, 3.05) is 0 Å². The van der Waals surface area contributed by atoms with E-state index in [1.165, 1.54) is 4.68 Å². The number of carbonyl (C=O) groups excluding carboxylic acids is 1. The lowest BCUT2D eigenvalue weighted by Crippen LogP contribution is -2.30. The number of rotatable bonds is 3. The number of hydrogen-bond donors (Lipinski definition) is 0. The van der Waals surface area contributed by atoms with Crippen molar-refractivity contribution in [3.63, 3.8) is 0 Å². The quantitative estimate of drug-likeness (QED) is 0.729. The number of halogens is 2. The lowest BCUT2D eigenvalue weighted by atomic mass is 10.3. The first kappa shape index (κ1) is 14.8. The highest BCUT2D eigenvalue weighted by atomic mass is 35.5. The Bertz CT molecular complexity index is 848. The molecule has 0 amide bonds. The van der Waals surface area contributed by atoms with E-state index in [0.29, 0.717) is 26.8 Å². The van der Waals surface area contributed by atoms with Crippen LogP contribution in [-0.2, 0) is 0 Å². The molecule has 112 valence electrons. The standard InChI is InChI=1S/C15H11Cl2N3O2/c1-9(22-14-7-6-10(16)8-11(14)17)15(21)20-13-5-3-2-4-12(13)18-19-20/h2-9H,1H3. The van der Waals surface area contributed by atoms with Crippen LogP contribution in [0.3, 0.4) is 0 Å². The summed E-state index contributed by atoms with van der Waals surface area (Å²) in [7, 11) is 0. The highest BCUT2D eigenvalue weighted by Gasteiger charge is 2.21. The van der Waals surface area contributed by atoms with E-state index in [2.05, 4.69) is 10.3 Å². The first-order valence-corrected chi connectivity index (χ1v) is 7.28. The molecule has 22 heavy (non-hydrogen) atoms. The fourth-order valence-corrected chi connectivity index (χ4v) is 2.47. The number of ether oxygens (including phenoxy) is 1. The van der Waals surface area contributed by atoms with Gasteiger partial charge >= 0.3 is 0 Å². The Balaban J connectivity index is 1.85. The minimum absolute atomic E-state index is 0.334. The maximum Gasteiger partial charge on any atom is 0.289 e. The summed E-state index contributed by atoms with van der Waals surface area (Å²) in [6.45, 7) is 1.63. The molecule has 1 atom stereocenters. The Morgan fingerprint density at radius 1 is 1.23 bits per heavy atom. The predicted molar refractivity (Wildman–Crippen MR) is 84.7 cm³/mol. The van der Waals surface area contributed by atoms with Gasteiger partial charge in [-0.15, -0.1) is 5.10 Å². The SMILES string of the molecule is CC(Oc1ccc(Cl)cc1Cl)C(=O)n1nnc2ccccc21. The Labute approximate surface area is 136 Å². The van der Waals surface area contributed by atoms with Crippen molar-refractivity contribution in [2.24, 2.45) is 0 Å². The molecule has 1 aromatic heterocycles. The van der Waals surface area contributed by atoms with Crippen LogP contribution >= 0.6 is 23.2 Å². The van der Waals surface area contributed by atoms with E-state index in [1.807, 2.05) is 12.1 Å².